The fourth-order valence-electron chi connectivity index (χ4n) is 10.5. The molecule has 360 valence electrons. The van der Waals surface area contributed by atoms with E-state index in [0.29, 0.717) is 44.5 Å². The number of aryl methyl sites for hydroxylation is 4. The Bertz CT molecular complexity index is 3640. The van der Waals surface area contributed by atoms with E-state index in [2.05, 4.69) is 184 Å². The number of benzene rings is 6. The lowest BCUT2D eigenvalue weighted by molar-refractivity contribution is 0.409. The van der Waals surface area contributed by atoms with Crippen molar-refractivity contribution in [2.24, 2.45) is 20.0 Å². The molecule has 0 fully saturated rings. The van der Waals surface area contributed by atoms with Crippen molar-refractivity contribution in [1.82, 2.24) is 0 Å². The van der Waals surface area contributed by atoms with Crippen molar-refractivity contribution in [2.45, 2.75) is 144 Å². The first-order chi connectivity index (χ1) is 32.8. The van der Waals surface area contributed by atoms with Crippen LogP contribution in [0.4, 0.5) is 22.7 Å². The van der Waals surface area contributed by atoms with Gasteiger partial charge in [0.25, 0.3) is 22.2 Å². The van der Waals surface area contributed by atoms with E-state index in [-0.39, 0.29) is 21.7 Å². The van der Waals surface area contributed by atoms with Gasteiger partial charge in [-0.1, -0.05) is 156 Å². The lowest BCUT2D eigenvalue weighted by Gasteiger charge is -2.34. The van der Waals surface area contributed by atoms with Gasteiger partial charge in [-0.15, -0.1) is 0 Å². The van der Waals surface area contributed by atoms with E-state index >= 15 is 0 Å². The van der Waals surface area contributed by atoms with Crippen LogP contribution in [0.25, 0.3) is 22.3 Å². The van der Waals surface area contributed by atoms with Crippen LogP contribution in [0.1, 0.15) is 145 Å². The highest BCUT2D eigenvalue weighted by atomic mass is 16.4. The summed E-state index contributed by atoms with van der Waals surface area (Å²) in [5.41, 5.74) is 16.4. The second-order valence-corrected chi connectivity index (χ2v) is 23.4. The minimum atomic E-state index is -0.509. The van der Waals surface area contributed by atoms with Crippen molar-refractivity contribution < 1.29 is 17.7 Å². The summed E-state index contributed by atoms with van der Waals surface area (Å²) < 4.78 is 27.8. The number of rotatable bonds is 5. The molecule has 9 rings (SSSR count). The summed E-state index contributed by atoms with van der Waals surface area (Å²) in [4.78, 5) is 20.8. The van der Waals surface area contributed by atoms with E-state index in [1.165, 1.54) is 5.56 Å². The SMILES string of the molecule is Cc1cccc(C)c1N=c1oc2cc3c(cc2oc1=Nc1c(C)cccc1C)[C@](C)(c1cc2oc(=Nc4ccccc4C(C)(C)C)c(=Nc4ccccc4C(C)(C)C)oc2cc1C(C)(C)C)CC3(C)C. The Labute approximate surface area is 412 Å². The zero-order valence-corrected chi connectivity index (χ0v) is 44.0. The Kier molecular flexibility index (Phi) is 11.9. The molecule has 0 N–H and O–H groups in total. The zero-order valence-electron chi connectivity index (χ0n) is 44.0. The molecule has 0 bridgehead atoms. The van der Waals surface area contributed by atoms with Crippen molar-refractivity contribution in [1.29, 1.82) is 0 Å². The first-order valence-electron chi connectivity index (χ1n) is 24.6. The Hall–Kier alpha value is -6.80. The highest BCUT2D eigenvalue weighted by molar-refractivity contribution is 5.78. The van der Waals surface area contributed by atoms with Gasteiger partial charge in [-0.2, -0.15) is 0 Å². The van der Waals surface area contributed by atoms with Gasteiger partial charge < -0.3 is 17.7 Å². The van der Waals surface area contributed by atoms with Gasteiger partial charge in [0.2, 0.25) is 0 Å². The van der Waals surface area contributed by atoms with Gasteiger partial charge in [0.05, 0.1) is 22.7 Å². The molecule has 0 radical (unpaired) electrons. The predicted molar refractivity (Wildman–Crippen MR) is 283 cm³/mol. The van der Waals surface area contributed by atoms with Crippen LogP contribution in [0, 0.1) is 27.7 Å². The fourth-order valence-corrected chi connectivity index (χ4v) is 10.5. The van der Waals surface area contributed by atoms with Gasteiger partial charge >= 0.3 is 0 Å². The molecule has 0 saturated heterocycles. The molecule has 2 aromatic heterocycles. The first-order valence-corrected chi connectivity index (χ1v) is 24.6. The standard InChI is InChI=1S/C62H68N4O4/c1-36-23-21-24-37(2)52(36)65-56-57(66-53-38(3)25-22-26-39(53)4)70-51-34-45-43(32-49(51)69-56)61(14,15)35-62(45,16)44-33-50-48(31-42(44)60(11,12)13)67-54(63-46-29-19-17-27-40(46)58(5,6)7)55(68-50)64-47-30-20-18-28-41(47)59(8,9)10/h17-34H,35H2,1-16H3/t62-/m0/s1. The Morgan fingerprint density at radius 3 is 1.13 bits per heavy atom. The quantitative estimate of drug-likeness (QED) is 0.171. The fraction of sp³-hybridized carbons (Fsp3) is 0.355. The average Bonchev–Trinajstić information content (AvgIpc) is 3.48. The number of para-hydroxylation sites is 4. The molecule has 1 aliphatic rings. The van der Waals surface area contributed by atoms with Crippen LogP contribution in [0.5, 0.6) is 0 Å². The van der Waals surface area contributed by atoms with Crippen molar-refractivity contribution >= 4 is 45.1 Å². The van der Waals surface area contributed by atoms with E-state index in [1.807, 2.05) is 36.4 Å². The summed E-state index contributed by atoms with van der Waals surface area (Å²) >= 11 is 0. The smallest absolute Gasteiger partial charge is 0.284 e. The minimum absolute atomic E-state index is 0.166. The molecule has 8 aromatic rings. The van der Waals surface area contributed by atoms with Gasteiger partial charge in [-0.05, 0) is 148 Å². The molecule has 8 nitrogen and oxygen atoms in total. The van der Waals surface area contributed by atoms with Gasteiger partial charge in [0, 0.05) is 5.41 Å². The van der Waals surface area contributed by atoms with Crippen molar-refractivity contribution in [3.63, 3.8) is 0 Å². The maximum absolute atomic E-state index is 7.05. The molecule has 2 heterocycles. The summed E-state index contributed by atoms with van der Waals surface area (Å²) in [5.74, 6) is 0. The lowest BCUT2D eigenvalue weighted by Crippen LogP contribution is -2.29. The first kappa shape index (κ1) is 48.2. The van der Waals surface area contributed by atoms with Crippen molar-refractivity contribution in [3.05, 3.63) is 187 Å². The molecule has 0 amide bonds. The molecule has 8 heteroatoms. The Balaban J connectivity index is 1.33. The number of hydrogen-bond donors (Lipinski definition) is 0. The molecule has 0 unspecified atom stereocenters. The normalized spacial score (nSPS) is 17.3. The largest absolute Gasteiger partial charge is 0.431 e. The molecular weight excluding hydrogens is 865 g/mol. The van der Waals surface area contributed by atoms with E-state index < -0.39 is 5.41 Å². The summed E-state index contributed by atoms with van der Waals surface area (Å²) in [5, 5.41) is 0. The van der Waals surface area contributed by atoms with Crippen LogP contribution in [0.3, 0.4) is 0 Å². The van der Waals surface area contributed by atoms with Crippen LogP contribution in [-0.2, 0) is 27.1 Å². The van der Waals surface area contributed by atoms with E-state index in [4.69, 9.17) is 37.6 Å². The third-order valence-electron chi connectivity index (χ3n) is 14.1. The molecule has 0 aliphatic heterocycles. The summed E-state index contributed by atoms with van der Waals surface area (Å²) in [7, 11) is 0. The van der Waals surface area contributed by atoms with E-state index in [0.717, 1.165) is 79.2 Å². The average molecular weight is 933 g/mol. The monoisotopic (exact) mass is 933 g/mol. The van der Waals surface area contributed by atoms with Crippen molar-refractivity contribution in [3.8, 4) is 0 Å². The van der Waals surface area contributed by atoms with Crippen molar-refractivity contribution in [2.75, 3.05) is 0 Å². The van der Waals surface area contributed by atoms with Gasteiger partial charge in [-0.3, -0.25) is 0 Å². The summed E-state index contributed by atoms with van der Waals surface area (Å²) in [6.45, 7) is 35.2. The number of hydrogen-bond acceptors (Lipinski definition) is 8. The Morgan fingerprint density at radius 2 is 0.729 bits per heavy atom. The molecule has 1 atom stereocenters. The van der Waals surface area contributed by atoms with Crippen LogP contribution in [0.2, 0.25) is 0 Å². The van der Waals surface area contributed by atoms with E-state index in [1.54, 1.807) is 0 Å². The highest BCUT2D eigenvalue weighted by Gasteiger charge is 2.48. The molecule has 70 heavy (non-hydrogen) atoms. The molecule has 0 saturated carbocycles. The van der Waals surface area contributed by atoms with Crippen LogP contribution < -0.4 is 22.2 Å². The zero-order chi connectivity index (χ0) is 50.3. The molecule has 0 spiro atoms. The molecule has 1 aliphatic carbocycles. The predicted octanol–water partition coefficient (Wildman–Crippen LogP) is 15.4. The molecule has 6 aromatic carbocycles. The number of fused-ring (bicyclic) bond motifs is 3. The van der Waals surface area contributed by atoms with Gasteiger partial charge in [0.1, 0.15) is 0 Å². The minimum Gasteiger partial charge on any atom is -0.431 e. The lowest BCUT2D eigenvalue weighted by atomic mass is 9.69. The Morgan fingerprint density at radius 1 is 0.386 bits per heavy atom. The second kappa shape index (κ2) is 17.3. The van der Waals surface area contributed by atoms with Crippen LogP contribution in [0.15, 0.2) is 147 Å². The van der Waals surface area contributed by atoms with Gasteiger partial charge in [0.15, 0.2) is 22.3 Å². The molecular formula is C62H68N4O4. The van der Waals surface area contributed by atoms with Crippen LogP contribution in [-0.4, -0.2) is 0 Å². The van der Waals surface area contributed by atoms with Gasteiger partial charge in [-0.25, -0.2) is 20.0 Å². The highest BCUT2D eigenvalue weighted by Crippen LogP contribution is 2.55. The van der Waals surface area contributed by atoms with E-state index in [9.17, 15) is 0 Å². The maximum atomic E-state index is 7.05. The summed E-state index contributed by atoms with van der Waals surface area (Å²) in [6.07, 6.45) is 0.809. The number of nitrogens with zero attached hydrogens (tertiary/aromatic N) is 4. The third-order valence-corrected chi connectivity index (χ3v) is 14.1. The second-order valence-electron chi connectivity index (χ2n) is 23.4. The topological polar surface area (TPSA) is 102 Å². The third kappa shape index (κ3) is 8.98. The van der Waals surface area contributed by atoms with Crippen LogP contribution >= 0.6 is 0 Å². The maximum Gasteiger partial charge on any atom is 0.284 e. The summed E-state index contributed by atoms with van der Waals surface area (Å²) in [6, 6.07) is 37.5.